The van der Waals surface area contributed by atoms with Gasteiger partial charge in [-0.25, -0.2) is 0 Å². The van der Waals surface area contributed by atoms with E-state index in [1.807, 2.05) is 37.3 Å². The van der Waals surface area contributed by atoms with Crippen molar-refractivity contribution in [2.24, 2.45) is 5.41 Å². The summed E-state index contributed by atoms with van der Waals surface area (Å²) in [4.78, 5) is 14.4. The highest BCUT2D eigenvalue weighted by Crippen LogP contribution is 2.29. The molecule has 2 aromatic rings. The van der Waals surface area contributed by atoms with Crippen LogP contribution in [-0.4, -0.2) is 17.6 Å². The van der Waals surface area contributed by atoms with Gasteiger partial charge in [-0.1, -0.05) is 36.2 Å². The van der Waals surface area contributed by atoms with Gasteiger partial charge in [-0.2, -0.15) is 0 Å². The molecule has 3 nitrogen and oxygen atoms in total. The number of carboxylic acids is 1. The molecule has 1 aromatic carbocycles. The lowest BCUT2D eigenvalue weighted by Gasteiger charge is -2.32. The van der Waals surface area contributed by atoms with Crippen LogP contribution in [-0.2, 0) is 17.8 Å². The Morgan fingerprint density at radius 2 is 2.04 bits per heavy atom. The highest BCUT2D eigenvalue weighted by molar-refractivity contribution is 7.10. The lowest BCUT2D eigenvalue weighted by atomic mass is 9.86. The maximum Gasteiger partial charge on any atom is 0.309 e. The van der Waals surface area contributed by atoms with E-state index < -0.39 is 11.4 Å². The van der Waals surface area contributed by atoms with Crippen molar-refractivity contribution < 1.29 is 27.2 Å². The number of benzene rings is 1. The summed E-state index contributed by atoms with van der Waals surface area (Å²) in [5.74, 6) is -0.711. The first kappa shape index (κ1) is 23.2. The summed E-state index contributed by atoms with van der Waals surface area (Å²) in [7, 11) is 0. The molecule has 2 atom stereocenters. The fourth-order valence-electron chi connectivity index (χ4n) is 4.01. The fraction of sp³-hybridized carbons (Fsp3) is 0.500. The quantitative estimate of drug-likeness (QED) is 0.612. The summed E-state index contributed by atoms with van der Waals surface area (Å²) in [6.07, 6.45) is 4.83. The number of thiophene rings is 1. The van der Waals surface area contributed by atoms with E-state index in [-0.39, 0.29) is 12.4 Å². The predicted molar refractivity (Wildman–Crippen MR) is 112 cm³/mol. The largest absolute Gasteiger partial charge is 1.00 e. The van der Waals surface area contributed by atoms with Crippen molar-refractivity contribution in [2.45, 2.75) is 58.5 Å². The smallest absolute Gasteiger partial charge is 0.309 e. The van der Waals surface area contributed by atoms with Gasteiger partial charge in [0, 0.05) is 33.9 Å². The van der Waals surface area contributed by atoms with Gasteiger partial charge in [0.15, 0.2) is 0 Å². The molecule has 1 aliphatic rings. The SMILES string of the molecule is CC(C)(CCCCC(c1ccccc1Cl)[NH+]1CCc2sccc2C1)C(=O)O.[Cl-]. The summed E-state index contributed by atoms with van der Waals surface area (Å²) in [6.45, 7) is 5.81. The van der Waals surface area contributed by atoms with Crippen LogP contribution < -0.4 is 17.3 Å². The standard InChI is InChI=1S/C22H28ClNO2S.ClH/c1-22(2,21(25)26)12-6-5-9-19(17-7-3-4-8-18(17)23)24-13-10-20-16(15-24)11-14-27-20;/h3-4,7-8,11,14,19H,5-6,9-10,12-13,15H2,1-2H3,(H,25,26);1H. The maximum absolute atomic E-state index is 11.3. The molecule has 3 rings (SSSR count). The Balaban J connectivity index is 0.00000280. The molecule has 0 saturated heterocycles. The molecule has 1 aliphatic heterocycles. The van der Waals surface area contributed by atoms with Gasteiger partial charge in [0.05, 0.1) is 12.0 Å². The minimum absolute atomic E-state index is 0. The molecule has 1 aromatic heterocycles. The third-order valence-corrected chi connectivity index (χ3v) is 7.19. The Labute approximate surface area is 183 Å². The summed E-state index contributed by atoms with van der Waals surface area (Å²) < 4.78 is 0. The van der Waals surface area contributed by atoms with E-state index in [1.54, 1.807) is 4.90 Å². The number of nitrogens with one attached hydrogen (secondary N) is 1. The van der Waals surface area contributed by atoms with Crippen molar-refractivity contribution in [2.75, 3.05) is 6.54 Å². The minimum Gasteiger partial charge on any atom is -1.00 e. The first-order chi connectivity index (χ1) is 12.9. The van der Waals surface area contributed by atoms with Crippen LogP contribution in [0.25, 0.3) is 0 Å². The molecule has 0 bridgehead atoms. The first-order valence-corrected chi connectivity index (χ1v) is 11.0. The summed E-state index contributed by atoms with van der Waals surface area (Å²) in [5, 5.41) is 12.4. The Kier molecular flexibility index (Phi) is 8.38. The molecule has 154 valence electrons. The van der Waals surface area contributed by atoms with E-state index in [1.165, 1.54) is 16.0 Å². The zero-order chi connectivity index (χ0) is 19.4. The Morgan fingerprint density at radius 3 is 2.75 bits per heavy atom. The first-order valence-electron chi connectivity index (χ1n) is 9.76. The number of aliphatic carboxylic acids is 1. The average Bonchev–Trinajstić information content (AvgIpc) is 3.10. The highest BCUT2D eigenvalue weighted by atomic mass is 35.5. The normalized spacial score (nSPS) is 17.5. The van der Waals surface area contributed by atoms with Crippen molar-refractivity contribution in [1.82, 2.24) is 0 Å². The molecule has 2 heterocycles. The Morgan fingerprint density at radius 1 is 1.29 bits per heavy atom. The second kappa shape index (κ2) is 10.1. The van der Waals surface area contributed by atoms with Crippen molar-refractivity contribution in [3.8, 4) is 0 Å². The van der Waals surface area contributed by atoms with Gasteiger partial charge in [0.25, 0.3) is 0 Å². The van der Waals surface area contributed by atoms with Gasteiger partial charge in [-0.3, -0.25) is 4.79 Å². The van der Waals surface area contributed by atoms with Gasteiger partial charge in [-0.05, 0) is 44.2 Å². The lowest BCUT2D eigenvalue weighted by molar-refractivity contribution is -0.947. The molecule has 0 spiro atoms. The van der Waals surface area contributed by atoms with Gasteiger partial charge in [0.2, 0.25) is 0 Å². The van der Waals surface area contributed by atoms with Crippen LogP contribution in [0.2, 0.25) is 5.02 Å². The number of carbonyl (C=O) groups is 1. The van der Waals surface area contributed by atoms with Crippen LogP contribution in [0, 0.1) is 5.41 Å². The maximum atomic E-state index is 11.3. The molecule has 28 heavy (non-hydrogen) atoms. The zero-order valence-corrected chi connectivity index (χ0v) is 18.8. The molecule has 0 saturated carbocycles. The number of fused-ring (bicyclic) bond motifs is 1. The van der Waals surface area contributed by atoms with E-state index in [9.17, 15) is 9.90 Å². The number of halogens is 2. The lowest BCUT2D eigenvalue weighted by Crippen LogP contribution is -3.12. The molecule has 6 heteroatoms. The van der Waals surface area contributed by atoms with Crippen molar-refractivity contribution >= 4 is 28.9 Å². The number of hydrogen-bond donors (Lipinski definition) is 2. The van der Waals surface area contributed by atoms with Crippen molar-refractivity contribution in [3.05, 3.63) is 56.7 Å². The Bertz CT molecular complexity index is 790. The number of rotatable bonds is 8. The monoisotopic (exact) mass is 441 g/mol. The molecule has 2 unspecified atom stereocenters. The third kappa shape index (κ3) is 5.50. The van der Waals surface area contributed by atoms with Gasteiger partial charge in [0.1, 0.15) is 12.6 Å². The zero-order valence-electron chi connectivity index (χ0n) is 16.5. The third-order valence-electron chi connectivity index (χ3n) is 5.83. The van der Waals surface area contributed by atoms with Gasteiger partial charge < -0.3 is 22.4 Å². The van der Waals surface area contributed by atoms with E-state index in [0.29, 0.717) is 12.5 Å². The molecule has 2 N–H and O–H groups in total. The van der Waals surface area contributed by atoms with Crippen LogP contribution in [0.1, 0.15) is 61.6 Å². The second-order valence-electron chi connectivity index (χ2n) is 8.21. The molecular formula is C22H29Cl2NO2S. The highest BCUT2D eigenvalue weighted by Gasteiger charge is 2.31. The van der Waals surface area contributed by atoms with Crippen LogP contribution in [0.3, 0.4) is 0 Å². The molecule has 0 amide bonds. The molecule has 0 aliphatic carbocycles. The van der Waals surface area contributed by atoms with E-state index in [0.717, 1.165) is 43.8 Å². The number of hydrogen-bond acceptors (Lipinski definition) is 2. The van der Waals surface area contributed by atoms with Crippen LogP contribution in [0.15, 0.2) is 35.7 Å². The van der Waals surface area contributed by atoms with E-state index in [4.69, 9.17) is 11.6 Å². The molecule has 0 radical (unpaired) electrons. The van der Waals surface area contributed by atoms with Crippen molar-refractivity contribution in [3.63, 3.8) is 0 Å². The average molecular weight is 442 g/mol. The topological polar surface area (TPSA) is 41.7 Å². The number of quaternary nitrogens is 1. The minimum atomic E-state index is -0.711. The second-order valence-corrected chi connectivity index (χ2v) is 9.62. The fourth-order valence-corrected chi connectivity index (χ4v) is 5.18. The van der Waals surface area contributed by atoms with Gasteiger partial charge >= 0.3 is 5.97 Å². The molecule has 0 fully saturated rings. The van der Waals surface area contributed by atoms with Crippen LogP contribution in [0.4, 0.5) is 0 Å². The van der Waals surface area contributed by atoms with Crippen LogP contribution in [0.5, 0.6) is 0 Å². The summed E-state index contributed by atoms with van der Waals surface area (Å²) in [6, 6.07) is 10.8. The Hall–Kier alpha value is -1.07. The predicted octanol–water partition coefficient (Wildman–Crippen LogP) is 1.76. The summed E-state index contributed by atoms with van der Waals surface area (Å²) in [5.41, 5.74) is 2.05. The van der Waals surface area contributed by atoms with E-state index >= 15 is 0 Å². The number of unbranched alkanes of at least 4 members (excludes halogenated alkanes) is 1. The van der Waals surface area contributed by atoms with E-state index in [2.05, 4.69) is 23.6 Å². The van der Waals surface area contributed by atoms with Crippen molar-refractivity contribution in [1.29, 1.82) is 0 Å². The number of carboxylic acid groups (broad SMARTS) is 1. The molecular weight excluding hydrogens is 413 g/mol. The van der Waals surface area contributed by atoms with Crippen LogP contribution >= 0.6 is 22.9 Å². The van der Waals surface area contributed by atoms with Gasteiger partial charge in [-0.15, -0.1) is 11.3 Å². The summed E-state index contributed by atoms with van der Waals surface area (Å²) >= 11 is 8.43.